The monoisotopic (exact) mass is 345 g/mol. The molecule has 0 radical (unpaired) electrons. The van der Waals surface area contributed by atoms with E-state index in [4.69, 9.17) is 4.98 Å². The van der Waals surface area contributed by atoms with Crippen molar-refractivity contribution >= 4 is 26.6 Å². The van der Waals surface area contributed by atoms with Crippen molar-refractivity contribution in [1.29, 1.82) is 0 Å². The number of anilines is 1. The third-order valence-corrected chi connectivity index (χ3v) is 6.98. The molecule has 24 heavy (non-hydrogen) atoms. The molecule has 6 heteroatoms. The van der Waals surface area contributed by atoms with E-state index in [0.717, 1.165) is 43.9 Å². The Labute approximate surface area is 143 Å². The van der Waals surface area contributed by atoms with Crippen LogP contribution in [0.4, 0.5) is 5.82 Å². The quantitative estimate of drug-likeness (QED) is 0.831. The van der Waals surface area contributed by atoms with E-state index in [0.29, 0.717) is 11.5 Å². The molecule has 1 aromatic heterocycles. The summed E-state index contributed by atoms with van der Waals surface area (Å²) in [4.78, 5) is 9.54. The fourth-order valence-corrected chi connectivity index (χ4v) is 5.66. The van der Waals surface area contributed by atoms with Crippen LogP contribution in [0.5, 0.6) is 0 Å². The van der Waals surface area contributed by atoms with Gasteiger partial charge in [-0.15, -0.1) is 0 Å². The van der Waals surface area contributed by atoms with Crippen LogP contribution in [-0.2, 0) is 9.84 Å². The first-order chi connectivity index (χ1) is 11.5. The van der Waals surface area contributed by atoms with Crippen LogP contribution in [0.25, 0.3) is 10.9 Å². The minimum Gasteiger partial charge on any atom is -0.354 e. The molecule has 0 aliphatic carbocycles. The van der Waals surface area contributed by atoms with Gasteiger partial charge in [-0.05, 0) is 31.0 Å². The molecule has 1 aromatic carbocycles. The Bertz CT molecular complexity index is 858. The first-order valence-corrected chi connectivity index (χ1v) is 10.4. The zero-order chi connectivity index (χ0) is 16.7. The zero-order valence-electron chi connectivity index (χ0n) is 14.0. The van der Waals surface area contributed by atoms with E-state index in [-0.39, 0.29) is 6.04 Å². The van der Waals surface area contributed by atoms with Crippen LogP contribution in [0.2, 0.25) is 0 Å². The van der Waals surface area contributed by atoms with E-state index >= 15 is 0 Å². The molecule has 2 fully saturated rings. The number of hydrogen-bond acceptors (Lipinski definition) is 5. The summed E-state index contributed by atoms with van der Waals surface area (Å²) in [5, 5.41) is 1.17. The highest BCUT2D eigenvalue weighted by atomic mass is 32.2. The average molecular weight is 345 g/mol. The molecular formula is C18H23N3O2S. The standard InChI is InChI=1S/C18H23N3O2S/c1-14-12-15-4-2-3-5-17(15)19-18(14)21-9-7-20(8-10-21)16-6-11-24(22,23)13-16/h2-5,12,16H,6-11,13H2,1H3/t16-/m0/s1. The van der Waals surface area contributed by atoms with Gasteiger partial charge in [0.25, 0.3) is 0 Å². The number of hydrogen-bond donors (Lipinski definition) is 0. The molecule has 0 spiro atoms. The molecule has 5 nitrogen and oxygen atoms in total. The van der Waals surface area contributed by atoms with Gasteiger partial charge in [0.15, 0.2) is 9.84 Å². The summed E-state index contributed by atoms with van der Waals surface area (Å²) in [6.07, 6.45) is 0.787. The van der Waals surface area contributed by atoms with Gasteiger partial charge in [-0.2, -0.15) is 0 Å². The predicted molar refractivity (Wildman–Crippen MR) is 97.3 cm³/mol. The summed E-state index contributed by atoms with van der Waals surface area (Å²) in [5.41, 5.74) is 2.23. The summed E-state index contributed by atoms with van der Waals surface area (Å²) < 4.78 is 23.4. The van der Waals surface area contributed by atoms with Gasteiger partial charge in [0, 0.05) is 37.6 Å². The van der Waals surface area contributed by atoms with Crippen LogP contribution < -0.4 is 4.90 Å². The Morgan fingerprint density at radius 2 is 1.88 bits per heavy atom. The van der Waals surface area contributed by atoms with E-state index in [2.05, 4.69) is 34.9 Å². The second-order valence-corrected chi connectivity index (χ2v) is 9.13. The van der Waals surface area contributed by atoms with Gasteiger partial charge in [-0.3, -0.25) is 4.90 Å². The van der Waals surface area contributed by atoms with Gasteiger partial charge in [-0.1, -0.05) is 18.2 Å². The average Bonchev–Trinajstić information content (AvgIpc) is 2.94. The van der Waals surface area contributed by atoms with Crippen molar-refractivity contribution in [2.45, 2.75) is 19.4 Å². The summed E-state index contributed by atoms with van der Waals surface area (Å²) in [6.45, 7) is 5.75. The van der Waals surface area contributed by atoms with Crippen molar-refractivity contribution in [3.05, 3.63) is 35.9 Å². The largest absolute Gasteiger partial charge is 0.354 e. The number of nitrogens with zero attached hydrogens (tertiary/aromatic N) is 3. The highest BCUT2D eigenvalue weighted by Crippen LogP contribution is 2.25. The second-order valence-electron chi connectivity index (χ2n) is 6.90. The number of aryl methyl sites for hydroxylation is 1. The van der Waals surface area contributed by atoms with Crippen molar-refractivity contribution < 1.29 is 8.42 Å². The molecule has 0 amide bonds. The molecule has 2 aliphatic rings. The van der Waals surface area contributed by atoms with E-state index in [1.54, 1.807) is 0 Å². The maximum absolute atomic E-state index is 11.7. The minimum atomic E-state index is -2.81. The highest BCUT2D eigenvalue weighted by molar-refractivity contribution is 7.91. The highest BCUT2D eigenvalue weighted by Gasteiger charge is 2.33. The second kappa shape index (κ2) is 6.01. The minimum absolute atomic E-state index is 0.211. The number of para-hydroxylation sites is 1. The Balaban J connectivity index is 1.49. The maximum atomic E-state index is 11.7. The van der Waals surface area contributed by atoms with Gasteiger partial charge in [0.1, 0.15) is 5.82 Å². The molecule has 0 bridgehead atoms. The third kappa shape index (κ3) is 3.00. The molecular weight excluding hydrogens is 322 g/mol. The lowest BCUT2D eigenvalue weighted by Gasteiger charge is -2.38. The Morgan fingerprint density at radius 3 is 2.58 bits per heavy atom. The Morgan fingerprint density at radius 1 is 1.12 bits per heavy atom. The number of sulfone groups is 1. The first kappa shape index (κ1) is 15.8. The smallest absolute Gasteiger partial charge is 0.151 e. The molecule has 2 aromatic rings. The van der Waals surface area contributed by atoms with Crippen LogP contribution in [0.15, 0.2) is 30.3 Å². The normalized spacial score (nSPS) is 24.5. The zero-order valence-corrected chi connectivity index (χ0v) is 14.8. The SMILES string of the molecule is Cc1cc2ccccc2nc1N1CCN([C@H]2CCS(=O)(=O)C2)CC1. The van der Waals surface area contributed by atoms with Crippen molar-refractivity contribution in [1.82, 2.24) is 9.88 Å². The maximum Gasteiger partial charge on any atom is 0.151 e. The Kier molecular flexibility index (Phi) is 3.96. The van der Waals surface area contributed by atoms with Crippen molar-refractivity contribution in [3.63, 3.8) is 0 Å². The molecule has 4 rings (SSSR count). The van der Waals surface area contributed by atoms with E-state index in [1.807, 2.05) is 12.1 Å². The molecule has 1 atom stereocenters. The summed E-state index contributed by atoms with van der Waals surface area (Å²) in [6, 6.07) is 10.6. The number of rotatable bonds is 2. The Hall–Kier alpha value is -1.66. The number of pyridine rings is 1. The van der Waals surface area contributed by atoms with Gasteiger partial charge >= 0.3 is 0 Å². The van der Waals surface area contributed by atoms with Gasteiger partial charge < -0.3 is 4.90 Å². The lowest BCUT2D eigenvalue weighted by Crippen LogP contribution is -2.51. The van der Waals surface area contributed by atoms with Gasteiger partial charge in [-0.25, -0.2) is 13.4 Å². The van der Waals surface area contributed by atoms with Crippen LogP contribution in [0, 0.1) is 6.92 Å². The lowest BCUT2D eigenvalue weighted by molar-refractivity contribution is 0.200. The summed E-state index contributed by atoms with van der Waals surface area (Å²) >= 11 is 0. The number of aromatic nitrogens is 1. The van der Waals surface area contributed by atoms with Crippen LogP contribution in [-0.4, -0.2) is 62.0 Å². The van der Waals surface area contributed by atoms with E-state index < -0.39 is 9.84 Å². The van der Waals surface area contributed by atoms with Gasteiger partial charge in [0.2, 0.25) is 0 Å². The molecule has 3 heterocycles. The van der Waals surface area contributed by atoms with Gasteiger partial charge in [0.05, 0.1) is 17.0 Å². The topological polar surface area (TPSA) is 53.5 Å². The molecule has 0 saturated carbocycles. The van der Waals surface area contributed by atoms with Crippen LogP contribution in [0.3, 0.4) is 0 Å². The van der Waals surface area contributed by atoms with Crippen LogP contribution >= 0.6 is 0 Å². The molecule has 2 aliphatic heterocycles. The molecule has 2 saturated heterocycles. The first-order valence-electron chi connectivity index (χ1n) is 8.58. The summed E-state index contributed by atoms with van der Waals surface area (Å²) in [7, 11) is -2.81. The lowest BCUT2D eigenvalue weighted by atomic mass is 10.1. The van der Waals surface area contributed by atoms with Crippen molar-refractivity contribution in [2.75, 3.05) is 42.6 Å². The molecule has 0 unspecified atom stereocenters. The predicted octanol–water partition coefficient (Wildman–Crippen LogP) is 1.85. The summed E-state index contributed by atoms with van der Waals surface area (Å²) in [5.74, 6) is 1.75. The molecule has 128 valence electrons. The fraction of sp³-hybridized carbons (Fsp3) is 0.500. The van der Waals surface area contributed by atoms with E-state index in [1.165, 1.54) is 10.9 Å². The van der Waals surface area contributed by atoms with Crippen molar-refractivity contribution in [3.8, 4) is 0 Å². The number of piperazine rings is 1. The third-order valence-electron chi connectivity index (χ3n) is 5.23. The number of fused-ring (bicyclic) bond motifs is 1. The van der Waals surface area contributed by atoms with Crippen molar-refractivity contribution in [2.24, 2.45) is 0 Å². The van der Waals surface area contributed by atoms with E-state index in [9.17, 15) is 8.42 Å². The number of benzene rings is 1. The molecule has 0 N–H and O–H groups in total. The fourth-order valence-electron chi connectivity index (χ4n) is 3.89. The van der Waals surface area contributed by atoms with Crippen LogP contribution in [0.1, 0.15) is 12.0 Å².